The number of nitrogens with two attached hydrogens (primary N) is 1. The van der Waals surface area contributed by atoms with Gasteiger partial charge in [0.15, 0.2) is 0 Å². The molecule has 0 aromatic heterocycles. The molecule has 0 radical (unpaired) electrons. The molecular weight excluding hydrogens is 174 g/mol. The molecule has 1 rings (SSSR count). The molecule has 1 unspecified atom stereocenters. The summed E-state index contributed by atoms with van der Waals surface area (Å²) in [6.07, 6.45) is 2.40. The molecule has 0 saturated carbocycles. The standard InChI is InChI=1S/C12H19NO/c1-3-10(2)14-9-8-11-4-6-12(13)7-5-11/h4-7,10H,3,8-9,13H2,1-2H3. The van der Waals surface area contributed by atoms with Crippen molar-refractivity contribution in [3.8, 4) is 0 Å². The highest BCUT2D eigenvalue weighted by Crippen LogP contribution is 2.06. The van der Waals surface area contributed by atoms with Gasteiger partial charge in [-0.3, -0.25) is 0 Å². The first-order valence-electron chi connectivity index (χ1n) is 5.18. The van der Waals surface area contributed by atoms with Crippen LogP contribution in [-0.2, 0) is 11.2 Å². The average Bonchev–Trinajstić information content (AvgIpc) is 2.21. The van der Waals surface area contributed by atoms with Gasteiger partial charge < -0.3 is 10.5 Å². The van der Waals surface area contributed by atoms with E-state index in [2.05, 4.69) is 26.0 Å². The third-order valence-corrected chi connectivity index (χ3v) is 2.35. The molecule has 14 heavy (non-hydrogen) atoms. The highest BCUT2D eigenvalue weighted by atomic mass is 16.5. The molecule has 0 heterocycles. The Balaban J connectivity index is 2.28. The summed E-state index contributed by atoms with van der Waals surface area (Å²) >= 11 is 0. The van der Waals surface area contributed by atoms with E-state index >= 15 is 0 Å². The fourth-order valence-corrected chi connectivity index (χ4v) is 1.18. The van der Waals surface area contributed by atoms with E-state index in [0.29, 0.717) is 6.10 Å². The third kappa shape index (κ3) is 3.79. The van der Waals surface area contributed by atoms with Crippen LogP contribution >= 0.6 is 0 Å². The fraction of sp³-hybridized carbons (Fsp3) is 0.500. The van der Waals surface area contributed by atoms with Crippen molar-refractivity contribution in [3.05, 3.63) is 29.8 Å². The van der Waals surface area contributed by atoms with E-state index in [4.69, 9.17) is 10.5 Å². The largest absolute Gasteiger partial charge is 0.399 e. The Hall–Kier alpha value is -1.02. The van der Waals surface area contributed by atoms with Gasteiger partial charge in [-0.1, -0.05) is 19.1 Å². The molecule has 78 valence electrons. The highest BCUT2D eigenvalue weighted by molar-refractivity contribution is 5.39. The van der Waals surface area contributed by atoms with Gasteiger partial charge in [0, 0.05) is 5.69 Å². The zero-order chi connectivity index (χ0) is 10.4. The van der Waals surface area contributed by atoms with E-state index < -0.39 is 0 Å². The quantitative estimate of drug-likeness (QED) is 0.729. The van der Waals surface area contributed by atoms with Gasteiger partial charge >= 0.3 is 0 Å². The number of hydrogen-bond donors (Lipinski definition) is 1. The highest BCUT2D eigenvalue weighted by Gasteiger charge is 1.98. The van der Waals surface area contributed by atoms with Crippen LogP contribution in [-0.4, -0.2) is 12.7 Å². The van der Waals surface area contributed by atoms with Crippen molar-refractivity contribution in [1.82, 2.24) is 0 Å². The maximum atomic E-state index is 5.59. The number of nitrogen functional groups attached to an aromatic ring is 1. The molecule has 2 heteroatoms. The predicted molar refractivity (Wildman–Crippen MR) is 60.3 cm³/mol. The molecule has 1 aromatic rings. The van der Waals surface area contributed by atoms with Crippen LogP contribution in [0, 0.1) is 0 Å². The van der Waals surface area contributed by atoms with Crippen molar-refractivity contribution < 1.29 is 4.74 Å². The van der Waals surface area contributed by atoms with Crippen LogP contribution in [0.4, 0.5) is 5.69 Å². The van der Waals surface area contributed by atoms with Gasteiger partial charge in [0.25, 0.3) is 0 Å². The number of anilines is 1. The van der Waals surface area contributed by atoms with E-state index in [1.165, 1.54) is 5.56 Å². The summed E-state index contributed by atoms with van der Waals surface area (Å²) in [5.41, 5.74) is 7.69. The van der Waals surface area contributed by atoms with Crippen molar-refractivity contribution in [2.75, 3.05) is 12.3 Å². The predicted octanol–water partition coefficient (Wildman–Crippen LogP) is 2.63. The zero-order valence-electron chi connectivity index (χ0n) is 8.99. The van der Waals surface area contributed by atoms with Crippen LogP contribution in [0.3, 0.4) is 0 Å². The lowest BCUT2D eigenvalue weighted by molar-refractivity contribution is 0.0659. The monoisotopic (exact) mass is 193 g/mol. The summed E-state index contributed by atoms with van der Waals surface area (Å²) in [7, 11) is 0. The van der Waals surface area contributed by atoms with Crippen LogP contribution in [0.5, 0.6) is 0 Å². The Morgan fingerprint density at radius 1 is 1.29 bits per heavy atom. The number of hydrogen-bond acceptors (Lipinski definition) is 2. The SMILES string of the molecule is CCC(C)OCCc1ccc(N)cc1. The molecule has 0 fully saturated rings. The Bertz CT molecular complexity index is 256. The minimum absolute atomic E-state index is 0.365. The smallest absolute Gasteiger partial charge is 0.0544 e. The third-order valence-electron chi connectivity index (χ3n) is 2.35. The van der Waals surface area contributed by atoms with Gasteiger partial charge in [-0.25, -0.2) is 0 Å². The Morgan fingerprint density at radius 2 is 1.93 bits per heavy atom. The van der Waals surface area contributed by atoms with E-state index in [1.807, 2.05) is 12.1 Å². The van der Waals surface area contributed by atoms with Gasteiger partial charge in [0.1, 0.15) is 0 Å². The molecule has 0 bridgehead atoms. The normalized spacial score (nSPS) is 12.7. The van der Waals surface area contributed by atoms with Crippen molar-refractivity contribution in [1.29, 1.82) is 0 Å². The second kappa shape index (κ2) is 5.66. The molecule has 0 aliphatic carbocycles. The summed E-state index contributed by atoms with van der Waals surface area (Å²) in [5.74, 6) is 0. The van der Waals surface area contributed by atoms with Gasteiger partial charge in [-0.2, -0.15) is 0 Å². The number of ether oxygens (including phenoxy) is 1. The Morgan fingerprint density at radius 3 is 2.50 bits per heavy atom. The van der Waals surface area contributed by atoms with Crippen LogP contribution in [0.15, 0.2) is 24.3 Å². The molecular formula is C12H19NO. The maximum absolute atomic E-state index is 5.59. The van der Waals surface area contributed by atoms with Gasteiger partial charge in [-0.05, 0) is 37.5 Å². The van der Waals surface area contributed by atoms with E-state index in [0.717, 1.165) is 25.1 Å². The molecule has 1 atom stereocenters. The van der Waals surface area contributed by atoms with Crippen molar-refractivity contribution in [2.45, 2.75) is 32.8 Å². The molecule has 0 saturated heterocycles. The van der Waals surface area contributed by atoms with E-state index in [1.54, 1.807) is 0 Å². The minimum atomic E-state index is 0.365. The van der Waals surface area contributed by atoms with Crippen LogP contribution in [0.2, 0.25) is 0 Å². The molecule has 0 aliphatic rings. The summed E-state index contributed by atoms with van der Waals surface area (Å²) < 4.78 is 5.59. The Kier molecular flexibility index (Phi) is 4.47. The second-order valence-electron chi connectivity index (χ2n) is 3.58. The lowest BCUT2D eigenvalue weighted by Crippen LogP contribution is -2.09. The zero-order valence-corrected chi connectivity index (χ0v) is 8.99. The second-order valence-corrected chi connectivity index (χ2v) is 3.58. The van der Waals surface area contributed by atoms with Crippen LogP contribution < -0.4 is 5.73 Å². The molecule has 2 nitrogen and oxygen atoms in total. The first-order valence-corrected chi connectivity index (χ1v) is 5.18. The first-order chi connectivity index (χ1) is 6.72. The lowest BCUT2D eigenvalue weighted by atomic mass is 10.1. The van der Waals surface area contributed by atoms with Crippen LogP contribution in [0.1, 0.15) is 25.8 Å². The number of rotatable bonds is 5. The summed E-state index contributed by atoms with van der Waals surface area (Å²) in [4.78, 5) is 0. The molecule has 0 spiro atoms. The molecule has 2 N–H and O–H groups in total. The molecule has 0 aliphatic heterocycles. The maximum Gasteiger partial charge on any atom is 0.0544 e. The van der Waals surface area contributed by atoms with Crippen LogP contribution in [0.25, 0.3) is 0 Å². The minimum Gasteiger partial charge on any atom is -0.399 e. The fourth-order valence-electron chi connectivity index (χ4n) is 1.18. The van der Waals surface area contributed by atoms with Crippen molar-refractivity contribution >= 4 is 5.69 Å². The first kappa shape index (κ1) is 11.1. The van der Waals surface area contributed by atoms with Gasteiger partial charge in [-0.15, -0.1) is 0 Å². The Labute approximate surface area is 86.1 Å². The van der Waals surface area contributed by atoms with E-state index in [-0.39, 0.29) is 0 Å². The average molecular weight is 193 g/mol. The molecule has 1 aromatic carbocycles. The van der Waals surface area contributed by atoms with Gasteiger partial charge in [0.2, 0.25) is 0 Å². The summed E-state index contributed by atoms with van der Waals surface area (Å²) in [6.45, 7) is 5.02. The summed E-state index contributed by atoms with van der Waals surface area (Å²) in [6, 6.07) is 7.96. The van der Waals surface area contributed by atoms with E-state index in [9.17, 15) is 0 Å². The van der Waals surface area contributed by atoms with Gasteiger partial charge in [0.05, 0.1) is 12.7 Å². The number of benzene rings is 1. The van der Waals surface area contributed by atoms with Crippen molar-refractivity contribution in [3.63, 3.8) is 0 Å². The lowest BCUT2D eigenvalue weighted by Gasteiger charge is -2.10. The van der Waals surface area contributed by atoms with Crippen molar-refractivity contribution in [2.24, 2.45) is 0 Å². The molecule has 0 amide bonds. The topological polar surface area (TPSA) is 35.2 Å². The summed E-state index contributed by atoms with van der Waals surface area (Å²) in [5, 5.41) is 0.